The number of anilines is 1. The number of aryl methyl sites for hydroxylation is 2. The Labute approximate surface area is 145 Å². The molecule has 2 aromatic carbocycles. The van der Waals surface area contributed by atoms with Crippen LogP contribution in [0.4, 0.5) is 5.69 Å². The summed E-state index contributed by atoms with van der Waals surface area (Å²) in [6, 6.07) is 15.3. The summed E-state index contributed by atoms with van der Waals surface area (Å²) in [5.41, 5.74) is 2.74. The quantitative estimate of drug-likeness (QED) is 0.801. The number of amides is 1. The minimum Gasteiger partial charge on any atom is -0.312 e. The third-order valence-electron chi connectivity index (χ3n) is 4.65. The van der Waals surface area contributed by atoms with E-state index < -0.39 is 0 Å². The standard InChI is InChI=1S/C20H19N3O2/c24-19(23-13-5-7-14-6-1-4-10-17(14)23)12-11-18-21-16-9-3-2-8-15(16)20(25)22-18/h1-4,6,8-10H,5,7,11-13H2,(H,21,22,25). The van der Waals surface area contributed by atoms with Crippen LogP contribution in [-0.2, 0) is 17.6 Å². The van der Waals surface area contributed by atoms with Crippen LogP contribution in [0.2, 0.25) is 0 Å². The minimum atomic E-state index is -0.156. The Balaban J connectivity index is 1.52. The number of nitrogens with one attached hydrogen (secondary N) is 1. The molecule has 0 atom stereocenters. The number of benzene rings is 2. The molecule has 0 saturated heterocycles. The highest BCUT2D eigenvalue weighted by Gasteiger charge is 2.22. The van der Waals surface area contributed by atoms with E-state index in [1.165, 1.54) is 5.56 Å². The molecule has 5 heteroatoms. The topological polar surface area (TPSA) is 66.1 Å². The highest BCUT2D eigenvalue weighted by Crippen LogP contribution is 2.27. The number of carbonyl (C=O) groups is 1. The van der Waals surface area contributed by atoms with E-state index in [4.69, 9.17) is 0 Å². The summed E-state index contributed by atoms with van der Waals surface area (Å²) in [7, 11) is 0. The Bertz CT molecular complexity index is 993. The Morgan fingerprint density at radius 2 is 1.92 bits per heavy atom. The fourth-order valence-electron chi connectivity index (χ4n) is 3.41. The minimum absolute atomic E-state index is 0.0722. The van der Waals surface area contributed by atoms with E-state index in [1.807, 2.05) is 41.3 Å². The zero-order valence-electron chi connectivity index (χ0n) is 13.9. The summed E-state index contributed by atoms with van der Waals surface area (Å²) in [5, 5.41) is 0.572. The number of fused-ring (bicyclic) bond motifs is 2. The zero-order chi connectivity index (χ0) is 17.2. The van der Waals surface area contributed by atoms with Crippen molar-refractivity contribution < 1.29 is 4.79 Å². The average Bonchev–Trinajstić information content (AvgIpc) is 2.66. The van der Waals surface area contributed by atoms with Gasteiger partial charge in [-0.15, -0.1) is 0 Å². The molecule has 4 rings (SSSR count). The van der Waals surface area contributed by atoms with Crippen molar-refractivity contribution in [1.82, 2.24) is 9.97 Å². The number of aromatic amines is 1. The van der Waals surface area contributed by atoms with Gasteiger partial charge >= 0.3 is 0 Å². The molecule has 0 radical (unpaired) electrons. The van der Waals surface area contributed by atoms with Crippen molar-refractivity contribution in [3.8, 4) is 0 Å². The molecule has 0 bridgehead atoms. The summed E-state index contributed by atoms with van der Waals surface area (Å²) in [6.45, 7) is 0.748. The number of H-pyrrole nitrogens is 1. The third kappa shape index (κ3) is 3.05. The lowest BCUT2D eigenvalue weighted by molar-refractivity contribution is -0.118. The second kappa shape index (κ2) is 6.51. The van der Waals surface area contributed by atoms with Gasteiger partial charge in [-0.25, -0.2) is 4.98 Å². The Kier molecular flexibility index (Phi) is 4.06. The van der Waals surface area contributed by atoms with Gasteiger partial charge in [-0.1, -0.05) is 30.3 Å². The molecule has 1 amide bonds. The van der Waals surface area contributed by atoms with Gasteiger partial charge in [0.1, 0.15) is 5.82 Å². The number of hydrogen-bond acceptors (Lipinski definition) is 3. The van der Waals surface area contributed by atoms with Gasteiger partial charge in [-0.3, -0.25) is 9.59 Å². The number of rotatable bonds is 3. The molecule has 1 N–H and O–H groups in total. The van der Waals surface area contributed by atoms with Gasteiger partial charge in [-0.2, -0.15) is 0 Å². The molecule has 0 fully saturated rings. The van der Waals surface area contributed by atoms with Crippen LogP contribution in [0.5, 0.6) is 0 Å². The molecular formula is C20H19N3O2. The monoisotopic (exact) mass is 333 g/mol. The first-order chi connectivity index (χ1) is 12.2. The van der Waals surface area contributed by atoms with Crippen molar-refractivity contribution in [3.63, 3.8) is 0 Å². The first kappa shape index (κ1) is 15.6. The first-order valence-electron chi connectivity index (χ1n) is 8.58. The third-order valence-corrected chi connectivity index (χ3v) is 4.65. The number of hydrogen-bond donors (Lipinski definition) is 1. The normalized spacial score (nSPS) is 13.7. The van der Waals surface area contributed by atoms with Gasteiger partial charge in [0.15, 0.2) is 0 Å². The lowest BCUT2D eigenvalue weighted by atomic mass is 10.0. The van der Waals surface area contributed by atoms with Crippen LogP contribution < -0.4 is 10.5 Å². The molecular weight excluding hydrogens is 314 g/mol. The van der Waals surface area contributed by atoms with E-state index in [2.05, 4.69) is 16.0 Å². The Hall–Kier alpha value is -2.95. The summed E-state index contributed by atoms with van der Waals surface area (Å²) >= 11 is 0. The maximum atomic E-state index is 12.7. The second-order valence-corrected chi connectivity index (χ2v) is 6.31. The van der Waals surface area contributed by atoms with Crippen LogP contribution in [-0.4, -0.2) is 22.4 Å². The molecule has 126 valence electrons. The number of carbonyl (C=O) groups excluding carboxylic acids is 1. The Morgan fingerprint density at radius 1 is 1.12 bits per heavy atom. The maximum Gasteiger partial charge on any atom is 0.258 e. The molecule has 5 nitrogen and oxygen atoms in total. The van der Waals surface area contributed by atoms with Crippen molar-refractivity contribution in [2.75, 3.05) is 11.4 Å². The number of aromatic nitrogens is 2. The van der Waals surface area contributed by atoms with Gasteiger partial charge in [0, 0.05) is 25.1 Å². The van der Waals surface area contributed by atoms with Crippen LogP contribution in [0, 0.1) is 0 Å². The fraction of sp³-hybridized carbons (Fsp3) is 0.250. The van der Waals surface area contributed by atoms with Crippen molar-refractivity contribution in [2.45, 2.75) is 25.7 Å². The molecule has 1 aliphatic rings. The van der Waals surface area contributed by atoms with Gasteiger partial charge in [0.05, 0.1) is 10.9 Å². The van der Waals surface area contributed by atoms with E-state index >= 15 is 0 Å². The van der Waals surface area contributed by atoms with Crippen molar-refractivity contribution in [1.29, 1.82) is 0 Å². The van der Waals surface area contributed by atoms with Crippen molar-refractivity contribution >= 4 is 22.5 Å². The highest BCUT2D eigenvalue weighted by atomic mass is 16.2. The van der Waals surface area contributed by atoms with Crippen LogP contribution in [0.25, 0.3) is 10.9 Å². The van der Waals surface area contributed by atoms with Crippen LogP contribution >= 0.6 is 0 Å². The zero-order valence-corrected chi connectivity index (χ0v) is 13.9. The molecule has 2 heterocycles. The predicted molar refractivity (Wildman–Crippen MR) is 97.8 cm³/mol. The van der Waals surface area contributed by atoms with E-state index in [0.717, 1.165) is 25.1 Å². The first-order valence-corrected chi connectivity index (χ1v) is 8.58. The average molecular weight is 333 g/mol. The molecule has 1 aromatic heterocycles. The van der Waals surface area contributed by atoms with Gasteiger partial charge in [0.25, 0.3) is 5.56 Å². The van der Waals surface area contributed by atoms with Gasteiger partial charge in [-0.05, 0) is 36.6 Å². The SMILES string of the molecule is O=C(CCc1nc2ccccc2c(=O)[nH]1)N1CCCc2ccccc21. The number of nitrogens with zero attached hydrogens (tertiary/aromatic N) is 2. The molecule has 0 unspecified atom stereocenters. The maximum absolute atomic E-state index is 12.7. The van der Waals surface area contributed by atoms with E-state index in [-0.39, 0.29) is 11.5 Å². The molecule has 0 saturated carbocycles. The Morgan fingerprint density at radius 3 is 2.84 bits per heavy atom. The van der Waals surface area contributed by atoms with Crippen molar-refractivity contribution in [3.05, 3.63) is 70.3 Å². The summed E-state index contributed by atoms with van der Waals surface area (Å²) in [6.07, 6.45) is 2.75. The second-order valence-electron chi connectivity index (χ2n) is 6.31. The number of para-hydroxylation sites is 2. The van der Waals surface area contributed by atoms with Gasteiger partial charge in [0.2, 0.25) is 5.91 Å². The van der Waals surface area contributed by atoms with Crippen LogP contribution in [0.3, 0.4) is 0 Å². The summed E-state index contributed by atoms with van der Waals surface area (Å²) in [5.74, 6) is 0.630. The predicted octanol–water partition coefficient (Wildman–Crippen LogP) is 2.84. The van der Waals surface area contributed by atoms with E-state index in [0.29, 0.717) is 29.6 Å². The molecule has 0 spiro atoms. The largest absolute Gasteiger partial charge is 0.312 e. The highest BCUT2D eigenvalue weighted by molar-refractivity contribution is 5.94. The molecule has 1 aliphatic heterocycles. The lowest BCUT2D eigenvalue weighted by Gasteiger charge is -2.29. The van der Waals surface area contributed by atoms with Crippen LogP contribution in [0.1, 0.15) is 24.2 Å². The summed E-state index contributed by atoms with van der Waals surface area (Å²) < 4.78 is 0. The molecule has 0 aliphatic carbocycles. The van der Waals surface area contributed by atoms with Crippen molar-refractivity contribution in [2.24, 2.45) is 0 Å². The fourth-order valence-corrected chi connectivity index (χ4v) is 3.41. The smallest absolute Gasteiger partial charge is 0.258 e. The van der Waals surface area contributed by atoms with Gasteiger partial charge < -0.3 is 9.88 Å². The van der Waals surface area contributed by atoms with E-state index in [9.17, 15) is 9.59 Å². The van der Waals surface area contributed by atoms with Crippen LogP contribution in [0.15, 0.2) is 53.3 Å². The molecule has 3 aromatic rings. The molecule has 25 heavy (non-hydrogen) atoms. The van der Waals surface area contributed by atoms with E-state index in [1.54, 1.807) is 6.07 Å². The lowest BCUT2D eigenvalue weighted by Crippen LogP contribution is -2.35. The summed E-state index contributed by atoms with van der Waals surface area (Å²) in [4.78, 5) is 33.9.